The summed E-state index contributed by atoms with van der Waals surface area (Å²) in [6, 6.07) is 9.15. The third-order valence-electron chi connectivity index (χ3n) is 6.16. The first-order valence-electron chi connectivity index (χ1n) is 10.2. The molecule has 0 radical (unpaired) electrons. The van der Waals surface area contributed by atoms with Crippen molar-refractivity contribution >= 4 is 23.4 Å². The molecule has 29 heavy (non-hydrogen) atoms. The summed E-state index contributed by atoms with van der Waals surface area (Å²) in [5, 5.41) is 0.631. The van der Waals surface area contributed by atoms with Crippen LogP contribution in [-0.2, 0) is 26.2 Å². The highest BCUT2D eigenvalue weighted by atomic mass is 35.5. The molecule has 0 amide bonds. The Morgan fingerprint density at radius 3 is 2.59 bits per heavy atom. The first-order chi connectivity index (χ1) is 13.9. The third-order valence-corrected chi connectivity index (χ3v) is 6.41. The summed E-state index contributed by atoms with van der Waals surface area (Å²) in [5.74, 6) is -0.502. The molecule has 1 saturated carbocycles. The Kier molecular flexibility index (Phi) is 5.54. The van der Waals surface area contributed by atoms with E-state index in [9.17, 15) is 9.59 Å². The summed E-state index contributed by atoms with van der Waals surface area (Å²) in [6.45, 7) is 5.25. The number of halogens is 1. The molecule has 2 aliphatic rings. The average molecular weight is 416 g/mol. The van der Waals surface area contributed by atoms with E-state index in [1.54, 1.807) is 12.1 Å². The molecule has 154 valence electrons. The van der Waals surface area contributed by atoms with Crippen molar-refractivity contribution in [2.75, 3.05) is 13.2 Å². The first kappa shape index (κ1) is 20.2. The van der Waals surface area contributed by atoms with E-state index < -0.39 is 5.41 Å². The van der Waals surface area contributed by atoms with Crippen molar-refractivity contribution in [3.8, 4) is 0 Å². The van der Waals surface area contributed by atoms with Crippen molar-refractivity contribution in [2.24, 2.45) is 0 Å². The van der Waals surface area contributed by atoms with Gasteiger partial charge in [0.25, 0.3) is 0 Å². The molecule has 1 aromatic heterocycles. The van der Waals surface area contributed by atoms with Crippen LogP contribution in [0.25, 0.3) is 0 Å². The summed E-state index contributed by atoms with van der Waals surface area (Å²) < 4.78 is 13.3. The van der Waals surface area contributed by atoms with Crippen LogP contribution in [0.5, 0.6) is 0 Å². The minimum absolute atomic E-state index is 0.169. The van der Waals surface area contributed by atoms with Crippen LogP contribution in [0.3, 0.4) is 0 Å². The maximum atomic E-state index is 12.8. The fourth-order valence-electron chi connectivity index (χ4n) is 4.21. The second-order valence-electron chi connectivity index (χ2n) is 8.12. The monoisotopic (exact) mass is 415 g/mol. The minimum atomic E-state index is -0.623. The van der Waals surface area contributed by atoms with Crippen LogP contribution in [-0.4, -0.2) is 35.6 Å². The molecule has 0 spiro atoms. The number of carbonyl (C=O) groups excluding carboxylic acids is 2. The molecular weight excluding hydrogens is 390 g/mol. The molecule has 5 nitrogen and oxygen atoms in total. The second-order valence-corrected chi connectivity index (χ2v) is 8.56. The van der Waals surface area contributed by atoms with E-state index in [-0.39, 0.29) is 24.5 Å². The number of nitrogens with zero attached hydrogens (tertiary/aromatic N) is 1. The van der Waals surface area contributed by atoms with Crippen LogP contribution in [0.2, 0.25) is 5.02 Å². The number of Topliss-reactive ketones (excluding diaryl/α,β-unsaturated/α-hetero) is 1. The maximum Gasteiger partial charge on any atom is 0.317 e. The molecule has 4 rings (SSSR count). The van der Waals surface area contributed by atoms with Gasteiger partial charge in [-0.3, -0.25) is 9.59 Å². The predicted molar refractivity (Wildman–Crippen MR) is 111 cm³/mol. The van der Waals surface area contributed by atoms with E-state index >= 15 is 0 Å². The van der Waals surface area contributed by atoms with Crippen molar-refractivity contribution in [3.05, 3.63) is 57.9 Å². The van der Waals surface area contributed by atoms with Crippen molar-refractivity contribution in [1.82, 2.24) is 4.57 Å². The lowest BCUT2D eigenvalue weighted by Gasteiger charge is -2.15. The molecule has 1 aliphatic carbocycles. The van der Waals surface area contributed by atoms with E-state index in [0.29, 0.717) is 10.6 Å². The number of carbonyl (C=O) groups is 2. The maximum absolute atomic E-state index is 12.8. The Hall–Kier alpha value is -2.11. The fraction of sp³-hybridized carbons (Fsp3) is 0.478. The number of rotatable bonds is 7. The van der Waals surface area contributed by atoms with Crippen molar-refractivity contribution < 1.29 is 19.1 Å². The van der Waals surface area contributed by atoms with Gasteiger partial charge >= 0.3 is 5.97 Å². The van der Waals surface area contributed by atoms with Gasteiger partial charge in [0.2, 0.25) is 5.78 Å². The van der Waals surface area contributed by atoms with Crippen LogP contribution in [0.15, 0.2) is 30.3 Å². The van der Waals surface area contributed by atoms with E-state index in [0.717, 1.165) is 55.8 Å². The van der Waals surface area contributed by atoms with Crippen molar-refractivity contribution in [2.45, 2.75) is 57.6 Å². The average Bonchev–Trinajstić information content (AvgIpc) is 3.27. The van der Waals surface area contributed by atoms with Crippen LogP contribution >= 0.6 is 11.6 Å². The molecule has 1 saturated heterocycles. The summed E-state index contributed by atoms with van der Waals surface area (Å²) in [4.78, 5) is 25.5. The molecule has 2 heterocycles. The third kappa shape index (κ3) is 3.99. The number of hydrogen-bond acceptors (Lipinski definition) is 4. The molecule has 6 heteroatoms. The molecule has 1 aliphatic heterocycles. The standard InChI is InChI=1S/C23H26ClNO4/c1-15-12-20(16(2)25(15)13-19-4-3-11-28-19)21(26)14-29-22(27)23(9-10-23)17-5-7-18(24)8-6-17/h5-8,12,19H,3-4,9-11,13-14H2,1-2H3. The summed E-state index contributed by atoms with van der Waals surface area (Å²) >= 11 is 5.94. The quantitative estimate of drug-likeness (QED) is 0.497. The summed E-state index contributed by atoms with van der Waals surface area (Å²) in [5.41, 5.74) is 2.81. The summed E-state index contributed by atoms with van der Waals surface area (Å²) in [7, 11) is 0. The largest absolute Gasteiger partial charge is 0.457 e. The summed E-state index contributed by atoms with van der Waals surface area (Å²) in [6.07, 6.45) is 3.80. The first-order valence-corrected chi connectivity index (χ1v) is 10.5. The molecule has 1 unspecified atom stereocenters. The van der Waals surface area contributed by atoms with E-state index in [1.807, 2.05) is 32.0 Å². The van der Waals surface area contributed by atoms with Crippen molar-refractivity contribution in [1.29, 1.82) is 0 Å². The van der Waals surface area contributed by atoms with E-state index in [4.69, 9.17) is 21.1 Å². The van der Waals surface area contributed by atoms with Crippen LogP contribution in [0.4, 0.5) is 0 Å². The van der Waals surface area contributed by atoms with Gasteiger partial charge in [0, 0.05) is 35.1 Å². The zero-order valence-electron chi connectivity index (χ0n) is 16.9. The number of benzene rings is 1. The Labute approximate surface area is 175 Å². The molecule has 2 aromatic rings. The van der Waals surface area contributed by atoms with Gasteiger partial charge in [-0.25, -0.2) is 0 Å². The zero-order chi connectivity index (χ0) is 20.6. The van der Waals surface area contributed by atoms with Gasteiger partial charge in [-0.2, -0.15) is 0 Å². The van der Waals surface area contributed by atoms with Crippen LogP contribution in [0, 0.1) is 13.8 Å². The number of hydrogen-bond donors (Lipinski definition) is 0. The highest BCUT2D eigenvalue weighted by Crippen LogP contribution is 2.49. The van der Waals surface area contributed by atoms with Crippen LogP contribution in [0.1, 0.15) is 53.0 Å². The zero-order valence-corrected chi connectivity index (χ0v) is 17.6. The van der Waals surface area contributed by atoms with Gasteiger partial charge in [-0.05, 0) is 63.3 Å². The smallest absolute Gasteiger partial charge is 0.317 e. The fourth-order valence-corrected chi connectivity index (χ4v) is 4.33. The normalized spacial score (nSPS) is 19.9. The van der Waals surface area contributed by atoms with Gasteiger partial charge in [-0.1, -0.05) is 23.7 Å². The van der Waals surface area contributed by atoms with E-state index in [1.165, 1.54) is 0 Å². The molecule has 0 bridgehead atoms. The number of ether oxygens (including phenoxy) is 2. The molecule has 1 atom stereocenters. The Balaban J connectivity index is 1.41. The highest BCUT2D eigenvalue weighted by Gasteiger charge is 2.52. The van der Waals surface area contributed by atoms with Gasteiger partial charge in [0.05, 0.1) is 11.5 Å². The van der Waals surface area contributed by atoms with Gasteiger partial charge in [-0.15, -0.1) is 0 Å². The van der Waals surface area contributed by atoms with Crippen LogP contribution < -0.4 is 0 Å². The molecule has 2 fully saturated rings. The van der Waals surface area contributed by atoms with E-state index in [2.05, 4.69) is 4.57 Å². The number of aryl methyl sites for hydroxylation is 1. The Bertz CT molecular complexity index is 921. The van der Waals surface area contributed by atoms with Gasteiger partial charge in [0.15, 0.2) is 6.61 Å². The van der Waals surface area contributed by atoms with Crippen molar-refractivity contribution in [3.63, 3.8) is 0 Å². The highest BCUT2D eigenvalue weighted by molar-refractivity contribution is 6.30. The lowest BCUT2D eigenvalue weighted by Crippen LogP contribution is -2.26. The number of aromatic nitrogens is 1. The molecular formula is C23H26ClNO4. The minimum Gasteiger partial charge on any atom is -0.457 e. The Morgan fingerprint density at radius 1 is 1.24 bits per heavy atom. The lowest BCUT2D eigenvalue weighted by molar-refractivity contribution is -0.145. The second kappa shape index (κ2) is 7.96. The topological polar surface area (TPSA) is 57.5 Å². The number of ketones is 1. The van der Waals surface area contributed by atoms with Gasteiger partial charge in [0.1, 0.15) is 0 Å². The lowest BCUT2D eigenvalue weighted by atomic mass is 9.96. The van der Waals surface area contributed by atoms with Gasteiger partial charge < -0.3 is 14.0 Å². The molecule has 1 aromatic carbocycles. The predicted octanol–water partition coefficient (Wildman–Crippen LogP) is 4.40. The number of esters is 1. The SMILES string of the molecule is Cc1cc(C(=O)COC(=O)C2(c3ccc(Cl)cc3)CC2)c(C)n1CC1CCCO1. The molecule has 0 N–H and O–H groups in total. The Morgan fingerprint density at radius 2 is 1.97 bits per heavy atom.